The second kappa shape index (κ2) is 6.30. The maximum Gasteiger partial charge on any atom is 0.220 e. The number of fused-ring (bicyclic) bond motifs is 5. The van der Waals surface area contributed by atoms with Gasteiger partial charge in [-0.3, -0.25) is 4.79 Å². The smallest absolute Gasteiger partial charge is 0.220 e. The van der Waals surface area contributed by atoms with Gasteiger partial charge in [0.2, 0.25) is 5.91 Å². The summed E-state index contributed by atoms with van der Waals surface area (Å²) in [7, 11) is 0. The molecule has 4 rings (SSSR count). The number of rotatable bonds is 2. The van der Waals surface area contributed by atoms with Crippen LogP contribution in [0.1, 0.15) is 78.6 Å². The Bertz CT molecular complexity index is 490. The summed E-state index contributed by atoms with van der Waals surface area (Å²) in [5.74, 6) is 3.64. The van der Waals surface area contributed by atoms with E-state index in [4.69, 9.17) is 4.74 Å². The van der Waals surface area contributed by atoms with Gasteiger partial charge < -0.3 is 10.1 Å². The predicted molar refractivity (Wildman–Crippen MR) is 95.6 cm³/mol. The van der Waals surface area contributed by atoms with Crippen molar-refractivity contribution in [3.63, 3.8) is 0 Å². The van der Waals surface area contributed by atoms with E-state index in [9.17, 15) is 4.79 Å². The molecule has 4 aliphatic rings. The lowest BCUT2D eigenvalue weighted by molar-refractivity contribution is -0.138. The van der Waals surface area contributed by atoms with E-state index < -0.39 is 0 Å². The Labute approximate surface area is 147 Å². The van der Waals surface area contributed by atoms with E-state index in [0.29, 0.717) is 29.6 Å². The van der Waals surface area contributed by atoms with E-state index in [0.717, 1.165) is 36.5 Å². The number of amides is 1. The summed E-state index contributed by atoms with van der Waals surface area (Å²) in [5, 5.41) is 3.31. The minimum absolute atomic E-state index is 0.293. The van der Waals surface area contributed by atoms with Gasteiger partial charge in [-0.1, -0.05) is 6.92 Å². The quantitative estimate of drug-likeness (QED) is 0.818. The molecule has 7 atom stereocenters. The third-order valence-corrected chi connectivity index (χ3v) is 8.07. The topological polar surface area (TPSA) is 38.3 Å². The minimum atomic E-state index is 0.293. The van der Waals surface area contributed by atoms with Gasteiger partial charge in [-0.25, -0.2) is 0 Å². The molecule has 0 aromatic heterocycles. The van der Waals surface area contributed by atoms with E-state index in [1.54, 1.807) is 0 Å². The molecule has 0 bridgehead atoms. The molecule has 0 aromatic carbocycles. The van der Waals surface area contributed by atoms with Crippen molar-refractivity contribution in [1.29, 1.82) is 0 Å². The highest BCUT2D eigenvalue weighted by Gasteiger charge is 2.55. The van der Waals surface area contributed by atoms with Crippen LogP contribution >= 0.6 is 0 Å². The molecule has 1 N–H and O–H groups in total. The van der Waals surface area contributed by atoms with Crippen molar-refractivity contribution in [2.24, 2.45) is 29.1 Å². The zero-order valence-electron chi connectivity index (χ0n) is 15.7. The van der Waals surface area contributed by atoms with Crippen LogP contribution in [0.25, 0.3) is 0 Å². The summed E-state index contributed by atoms with van der Waals surface area (Å²) in [6.07, 6.45) is 11.9. The van der Waals surface area contributed by atoms with Gasteiger partial charge in [0.1, 0.15) is 0 Å². The number of ether oxygens (including phenoxy) is 1. The zero-order valence-corrected chi connectivity index (χ0v) is 15.7. The van der Waals surface area contributed by atoms with Gasteiger partial charge in [0.05, 0.1) is 12.2 Å². The number of piperidine rings is 1. The summed E-state index contributed by atoms with van der Waals surface area (Å²) in [6.45, 7) is 6.94. The molecule has 1 saturated heterocycles. The number of hydrogen-bond acceptors (Lipinski definition) is 2. The summed E-state index contributed by atoms with van der Waals surface area (Å²) in [6, 6.07) is 0.480. The first kappa shape index (κ1) is 16.9. The molecular formula is C21H35NO2. The summed E-state index contributed by atoms with van der Waals surface area (Å²) >= 11 is 0. The van der Waals surface area contributed by atoms with Gasteiger partial charge in [0.25, 0.3) is 0 Å². The summed E-state index contributed by atoms with van der Waals surface area (Å²) in [4.78, 5) is 11.8. The maximum absolute atomic E-state index is 11.8. The third kappa shape index (κ3) is 2.81. The predicted octanol–water partition coefficient (Wildman–Crippen LogP) is 4.30. The molecule has 24 heavy (non-hydrogen) atoms. The standard InChI is InChI=1S/C21H35NO2/c1-13(2)24-15-10-11-21(3)14(12-15)4-5-16-17-6-9-20(23)22-19(17)8-7-18(16)21/h13-19H,4-12H2,1-3H3,(H,22,23)/t14-,15-,16-,17-,18-,19?,21-/m0/s1. The molecule has 0 radical (unpaired) electrons. The van der Waals surface area contributed by atoms with Gasteiger partial charge >= 0.3 is 0 Å². The number of carbonyl (C=O) groups excluding carboxylic acids is 1. The van der Waals surface area contributed by atoms with Crippen LogP contribution in [0.15, 0.2) is 0 Å². The molecule has 1 amide bonds. The second-order valence-electron chi connectivity index (χ2n) is 9.59. The van der Waals surface area contributed by atoms with Crippen molar-refractivity contribution in [2.45, 2.75) is 96.8 Å². The Hall–Kier alpha value is -0.570. The van der Waals surface area contributed by atoms with E-state index in [1.165, 1.54) is 44.9 Å². The number of hydrogen-bond donors (Lipinski definition) is 1. The molecule has 4 fully saturated rings. The zero-order chi connectivity index (χ0) is 16.9. The number of nitrogens with one attached hydrogen (secondary N) is 1. The minimum Gasteiger partial charge on any atom is -0.376 e. The fraction of sp³-hybridized carbons (Fsp3) is 0.952. The van der Waals surface area contributed by atoms with Gasteiger partial charge in [-0.2, -0.15) is 0 Å². The van der Waals surface area contributed by atoms with Crippen LogP contribution in [0.2, 0.25) is 0 Å². The normalized spacial score (nSPS) is 48.2. The molecule has 3 saturated carbocycles. The highest BCUT2D eigenvalue weighted by Crippen LogP contribution is 2.61. The van der Waals surface area contributed by atoms with Crippen molar-refractivity contribution < 1.29 is 9.53 Å². The highest BCUT2D eigenvalue weighted by molar-refractivity contribution is 5.77. The lowest BCUT2D eigenvalue weighted by Crippen LogP contribution is -2.58. The SMILES string of the molecule is CC(C)O[C@H]1CC[C@@]2(C)[C@@H](CC[C@H]3[C@@H]4CCC(=O)NC4CC[C@@H]32)C1. The molecule has 1 heterocycles. The Morgan fingerprint density at radius 1 is 1.08 bits per heavy atom. The Morgan fingerprint density at radius 3 is 2.71 bits per heavy atom. The average molecular weight is 334 g/mol. The lowest BCUT2D eigenvalue weighted by atomic mass is 9.47. The van der Waals surface area contributed by atoms with Gasteiger partial charge in [-0.05, 0) is 94.3 Å². The first-order valence-electron chi connectivity index (χ1n) is 10.4. The van der Waals surface area contributed by atoms with Gasteiger partial charge in [0.15, 0.2) is 0 Å². The van der Waals surface area contributed by atoms with Crippen LogP contribution in [0.3, 0.4) is 0 Å². The lowest BCUT2D eigenvalue weighted by Gasteiger charge is -2.60. The molecule has 3 heteroatoms. The van der Waals surface area contributed by atoms with Gasteiger partial charge in [0, 0.05) is 12.5 Å². The van der Waals surface area contributed by atoms with Crippen LogP contribution in [-0.4, -0.2) is 24.2 Å². The maximum atomic E-state index is 11.8. The average Bonchev–Trinajstić information content (AvgIpc) is 2.54. The molecule has 1 unspecified atom stereocenters. The van der Waals surface area contributed by atoms with Crippen molar-refractivity contribution in [3.8, 4) is 0 Å². The van der Waals surface area contributed by atoms with E-state index >= 15 is 0 Å². The molecule has 0 spiro atoms. The van der Waals surface area contributed by atoms with E-state index in [-0.39, 0.29) is 0 Å². The van der Waals surface area contributed by atoms with E-state index in [1.807, 2.05) is 0 Å². The molecular weight excluding hydrogens is 298 g/mol. The molecule has 136 valence electrons. The molecule has 3 aliphatic carbocycles. The monoisotopic (exact) mass is 333 g/mol. The van der Waals surface area contributed by atoms with Crippen LogP contribution in [0, 0.1) is 29.1 Å². The van der Waals surface area contributed by atoms with Crippen molar-refractivity contribution >= 4 is 5.91 Å². The summed E-state index contributed by atoms with van der Waals surface area (Å²) in [5.41, 5.74) is 0.520. The Kier molecular flexibility index (Phi) is 4.43. The van der Waals surface area contributed by atoms with Crippen molar-refractivity contribution in [3.05, 3.63) is 0 Å². The second-order valence-corrected chi connectivity index (χ2v) is 9.59. The van der Waals surface area contributed by atoms with Crippen LogP contribution in [0.4, 0.5) is 0 Å². The summed E-state index contributed by atoms with van der Waals surface area (Å²) < 4.78 is 6.17. The largest absolute Gasteiger partial charge is 0.376 e. The first-order valence-corrected chi connectivity index (χ1v) is 10.4. The molecule has 3 nitrogen and oxygen atoms in total. The van der Waals surface area contributed by atoms with Crippen molar-refractivity contribution in [2.75, 3.05) is 0 Å². The Morgan fingerprint density at radius 2 is 1.92 bits per heavy atom. The van der Waals surface area contributed by atoms with Crippen LogP contribution < -0.4 is 5.32 Å². The van der Waals surface area contributed by atoms with E-state index in [2.05, 4.69) is 26.1 Å². The number of carbonyl (C=O) groups is 1. The molecule has 1 aliphatic heterocycles. The fourth-order valence-corrected chi connectivity index (χ4v) is 7.01. The fourth-order valence-electron chi connectivity index (χ4n) is 7.01. The van der Waals surface area contributed by atoms with Crippen LogP contribution in [-0.2, 0) is 9.53 Å². The highest BCUT2D eigenvalue weighted by atomic mass is 16.5. The van der Waals surface area contributed by atoms with Crippen molar-refractivity contribution in [1.82, 2.24) is 5.32 Å². The first-order chi connectivity index (χ1) is 11.5. The third-order valence-electron chi connectivity index (χ3n) is 8.07. The Balaban J connectivity index is 1.49. The van der Waals surface area contributed by atoms with Crippen LogP contribution in [0.5, 0.6) is 0 Å². The molecule has 0 aromatic rings. The van der Waals surface area contributed by atoms with Gasteiger partial charge in [-0.15, -0.1) is 0 Å².